The Bertz CT molecular complexity index is 1420. The van der Waals surface area contributed by atoms with Crippen LogP contribution >= 0.6 is 11.8 Å². The summed E-state index contributed by atoms with van der Waals surface area (Å²) in [6.07, 6.45) is 5.33. The van der Waals surface area contributed by atoms with E-state index in [1.54, 1.807) is 36.1 Å². The third-order valence-electron chi connectivity index (χ3n) is 6.35. The summed E-state index contributed by atoms with van der Waals surface area (Å²) in [6, 6.07) is 19.1. The van der Waals surface area contributed by atoms with Crippen molar-refractivity contribution in [2.75, 3.05) is 43.9 Å². The summed E-state index contributed by atoms with van der Waals surface area (Å²) < 4.78 is 6.82. The molecule has 4 aromatic rings. The normalized spacial score (nSPS) is 13.4. The van der Waals surface area contributed by atoms with Crippen molar-refractivity contribution >= 4 is 29.3 Å². The maximum absolute atomic E-state index is 13.1. The first-order chi connectivity index (χ1) is 18.6. The number of esters is 1. The summed E-state index contributed by atoms with van der Waals surface area (Å²) in [5, 5.41) is 5.23. The van der Waals surface area contributed by atoms with Gasteiger partial charge in [-0.3, -0.25) is 4.79 Å². The van der Waals surface area contributed by atoms with Crippen molar-refractivity contribution in [2.45, 2.75) is 11.9 Å². The summed E-state index contributed by atoms with van der Waals surface area (Å²) in [7, 11) is 0. The SMILES string of the molecule is CCOC(=O)c1cc(-c2ccc(N3CCN(C(=O)c4cccnc4SC)CC3)cc2)n(-c2ccccn2)n1. The molecule has 0 spiro atoms. The molecular weight excluding hydrogens is 500 g/mol. The van der Waals surface area contributed by atoms with E-state index in [1.807, 2.05) is 47.6 Å². The number of ether oxygens (including phenoxy) is 1. The molecule has 1 saturated heterocycles. The van der Waals surface area contributed by atoms with Gasteiger partial charge < -0.3 is 14.5 Å². The molecule has 10 heteroatoms. The molecule has 1 fully saturated rings. The Morgan fingerprint density at radius 1 is 0.947 bits per heavy atom. The number of benzene rings is 1. The van der Waals surface area contributed by atoms with E-state index in [9.17, 15) is 9.59 Å². The van der Waals surface area contributed by atoms with Gasteiger partial charge in [-0.2, -0.15) is 5.10 Å². The van der Waals surface area contributed by atoms with Gasteiger partial charge >= 0.3 is 5.97 Å². The van der Waals surface area contributed by atoms with E-state index in [-0.39, 0.29) is 18.2 Å². The zero-order valence-corrected chi connectivity index (χ0v) is 22.1. The first-order valence-corrected chi connectivity index (χ1v) is 13.6. The first kappa shape index (κ1) is 25.5. The zero-order valence-electron chi connectivity index (χ0n) is 21.3. The maximum atomic E-state index is 13.1. The highest BCUT2D eigenvalue weighted by molar-refractivity contribution is 7.98. The highest BCUT2D eigenvalue weighted by Crippen LogP contribution is 2.27. The van der Waals surface area contributed by atoms with Gasteiger partial charge in [-0.1, -0.05) is 18.2 Å². The van der Waals surface area contributed by atoms with Gasteiger partial charge in [-0.05, 0) is 55.6 Å². The Labute approximate surface area is 225 Å². The van der Waals surface area contributed by atoms with Crippen molar-refractivity contribution in [1.29, 1.82) is 0 Å². The molecule has 1 aliphatic rings. The van der Waals surface area contributed by atoms with Gasteiger partial charge in [0.15, 0.2) is 11.5 Å². The molecule has 1 aliphatic heterocycles. The number of carbonyl (C=O) groups is 2. The van der Waals surface area contributed by atoms with Crippen LogP contribution in [-0.4, -0.2) is 75.6 Å². The van der Waals surface area contributed by atoms with Gasteiger partial charge in [-0.25, -0.2) is 19.4 Å². The minimum atomic E-state index is -0.469. The highest BCUT2D eigenvalue weighted by atomic mass is 32.2. The monoisotopic (exact) mass is 528 g/mol. The quantitative estimate of drug-likeness (QED) is 0.260. The van der Waals surface area contributed by atoms with Crippen LogP contribution in [0.15, 0.2) is 78.1 Å². The molecule has 0 radical (unpaired) electrons. The Morgan fingerprint density at radius 2 is 1.71 bits per heavy atom. The molecule has 0 saturated carbocycles. The van der Waals surface area contributed by atoms with E-state index >= 15 is 0 Å². The van der Waals surface area contributed by atoms with Gasteiger partial charge in [0, 0.05) is 49.8 Å². The largest absolute Gasteiger partial charge is 0.461 e. The van der Waals surface area contributed by atoms with Crippen molar-refractivity contribution < 1.29 is 14.3 Å². The molecule has 0 bridgehead atoms. The van der Waals surface area contributed by atoms with E-state index in [0.29, 0.717) is 24.5 Å². The Balaban J connectivity index is 1.32. The zero-order chi connectivity index (χ0) is 26.5. The number of thioether (sulfide) groups is 1. The summed E-state index contributed by atoms with van der Waals surface area (Å²) in [5.74, 6) is 0.169. The second kappa shape index (κ2) is 11.5. The number of rotatable bonds is 7. The van der Waals surface area contributed by atoms with Crippen LogP contribution in [0.3, 0.4) is 0 Å². The smallest absolute Gasteiger partial charge is 0.358 e. The molecule has 38 heavy (non-hydrogen) atoms. The number of piperazine rings is 1. The molecule has 9 nitrogen and oxygen atoms in total. The maximum Gasteiger partial charge on any atom is 0.358 e. The number of hydrogen-bond acceptors (Lipinski definition) is 8. The first-order valence-electron chi connectivity index (χ1n) is 12.4. The lowest BCUT2D eigenvalue weighted by molar-refractivity contribution is 0.0518. The average Bonchev–Trinajstić information content (AvgIpc) is 3.43. The van der Waals surface area contributed by atoms with Crippen molar-refractivity contribution in [3.8, 4) is 17.1 Å². The fourth-order valence-corrected chi connectivity index (χ4v) is 4.98. The lowest BCUT2D eigenvalue weighted by atomic mass is 10.1. The van der Waals surface area contributed by atoms with Gasteiger partial charge in [0.2, 0.25) is 0 Å². The topological polar surface area (TPSA) is 93.5 Å². The van der Waals surface area contributed by atoms with Crippen LogP contribution in [0.25, 0.3) is 17.1 Å². The molecule has 1 aromatic carbocycles. The number of amides is 1. The number of nitrogens with zero attached hydrogens (tertiary/aromatic N) is 6. The molecule has 5 rings (SSSR count). The van der Waals surface area contributed by atoms with Crippen LogP contribution < -0.4 is 4.90 Å². The third kappa shape index (κ3) is 5.26. The third-order valence-corrected chi connectivity index (χ3v) is 7.06. The van der Waals surface area contributed by atoms with Gasteiger partial charge in [-0.15, -0.1) is 11.8 Å². The molecule has 3 aromatic heterocycles. The number of aromatic nitrogens is 4. The van der Waals surface area contributed by atoms with Crippen LogP contribution in [0.5, 0.6) is 0 Å². The molecule has 0 unspecified atom stereocenters. The van der Waals surface area contributed by atoms with E-state index in [0.717, 1.165) is 35.1 Å². The van der Waals surface area contributed by atoms with Crippen LogP contribution in [0.1, 0.15) is 27.8 Å². The summed E-state index contributed by atoms with van der Waals surface area (Å²) >= 11 is 1.48. The average molecular weight is 529 g/mol. The Hall–Kier alpha value is -4.18. The molecule has 1 amide bonds. The van der Waals surface area contributed by atoms with Crippen LogP contribution in [-0.2, 0) is 4.74 Å². The summed E-state index contributed by atoms with van der Waals surface area (Å²) in [6.45, 7) is 4.79. The number of carbonyl (C=O) groups excluding carboxylic acids is 2. The van der Waals surface area contributed by atoms with Crippen molar-refractivity contribution in [1.82, 2.24) is 24.6 Å². The Kier molecular flexibility index (Phi) is 7.69. The lowest BCUT2D eigenvalue weighted by Crippen LogP contribution is -2.48. The lowest BCUT2D eigenvalue weighted by Gasteiger charge is -2.36. The predicted molar refractivity (Wildman–Crippen MR) is 147 cm³/mol. The van der Waals surface area contributed by atoms with Crippen molar-refractivity contribution in [3.05, 3.63) is 84.3 Å². The summed E-state index contributed by atoms with van der Waals surface area (Å²) in [5.41, 5.74) is 3.61. The van der Waals surface area contributed by atoms with E-state index in [4.69, 9.17) is 4.74 Å². The summed E-state index contributed by atoms with van der Waals surface area (Å²) in [4.78, 5) is 38.3. The predicted octanol–water partition coefficient (Wildman–Crippen LogP) is 4.19. The molecule has 0 N–H and O–H groups in total. The standard InChI is InChI=1S/C28H28N6O3S/c1-3-37-28(36)23-19-24(34(31-23)25-8-4-5-13-29-25)20-9-11-21(12-10-20)32-15-17-33(18-16-32)27(35)22-7-6-14-30-26(22)38-2/h4-14,19H,3,15-18H2,1-2H3. The molecule has 0 aliphatic carbocycles. The van der Waals surface area contributed by atoms with Crippen molar-refractivity contribution in [3.63, 3.8) is 0 Å². The van der Waals surface area contributed by atoms with Gasteiger partial charge in [0.05, 0.1) is 17.9 Å². The fourth-order valence-electron chi connectivity index (χ4n) is 4.44. The van der Waals surface area contributed by atoms with Crippen LogP contribution in [0.4, 0.5) is 5.69 Å². The van der Waals surface area contributed by atoms with Crippen molar-refractivity contribution in [2.24, 2.45) is 0 Å². The minimum absolute atomic E-state index is 0.0256. The highest BCUT2D eigenvalue weighted by Gasteiger charge is 2.25. The number of pyridine rings is 2. The van der Waals surface area contributed by atoms with E-state index in [1.165, 1.54) is 11.8 Å². The second-order valence-electron chi connectivity index (χ2n) is 8.62. The number of hydrogen-bond donors (Lipinski definition) is 0. The molecule has 194 valence electrons. The van der Waals surface area contributed by atoms with Gasteiger partial charge in [0.25, 0.3) is 5.91 Å². The molecular formula is C28H28N6O3S. The van der Waals surface area contributed by atoms with Crippen LogP contribution in [0, 0.1) is 0 Å². The van der Waals surface area contributed by atoms with E-state index < -0.39 is 5.97 Å². The molecule has 0 atom stereocenters. The van der Waals surface area contributed by atoms with Crippen LogP contribution in [0.2, 0.25) is 0 Å². The number of anilines is 1. The fraction of sp³-hybridized carbons (Fsp3) is 0.250. The second-order valence-corrected chi connectivity index (χ2v) is 9.42. The van der Waals surface area contributed by atoms with Gasteiger partial charge in [0.1, 0.15) is 5.03 Å². The molecule has 4 heterocycles. The van der Waals surface area contributed by atoms with E-state index in [2.05, 4.69) is 32.1 Å². The minimum Gasteiger partial charge on any atom is -0.461 e. The Morgan fingerprint density at radius 3 is 2.39 bits per heavy atom.